The minimum Gasteiger partial charge on any atom is -0.507 e. The number of benzene rings is 2. The van der Waals surface area contributed by atoms with E-state index in [0.29, 0.717) is 36.0 Å². The van der Waals surface area contributed by atoms with Gasteiger partial charge in [-0.15, -0.1) is 0 Å². The van der Waals surface area contributed by atoms with Crippen LogP contribution in [0.15, 0.2) is 41.5 Å². The van der Waals surface area contributed by atoms with Crippen LogP contribution in [-0.4, -0.2) is 37.6 Å². The van der Waals surface area contributed by atoms with E-state index < -0.39 is 0 Å². The highest BCUT2D eigenvalue weighted by molar-refractivity contribution is 5.86. The number of fused-ring (bicyclic) bond motifs is 1. The van der Waals surface area contributed by atoms with Crippen molar-refractivity contribution in [1.29, 1.82) is 0 Å². The van der Waals surface area contributed by atoms with Gasteiger partial charge in [-0.25, -0.2) is 5.43 Å². The first-order valence-corrected chi connectivity index (χ1v) is 7.73. The number of phenols is 1. The van der Waals surface area contributed by atoms with E-state index in [1.807, 2.05) is 6.07 Å². The van der Waals surface area contributed by atoms with Crippen molar-refractivity contribution in [1.82, 2.24) is 5.43 Å². The molecule has 2 aromatic carbocycles. The molecule has 1 heterocycles. The van der Waals surface area contributed by atoms with Crippen molar-refractivity contribution in [3.63, 3.8) is 0 Å². The molecule has 0 spiro atoms. The zero-order valence-corrected chi connectivity index (χ0v) is 13.7. The Morgan fingerprint density at radius 3 is 2.84 bits per heavy atom. The van der Waals surface area contributed by atoms with Crippen molar-refractivity contribution in [3.05, 3.63) is 47.5 Å². The molecule has 2 N–H and O–H groups in total. The Morgan fingerprint density at radius 2 is 2.04 bits per heavy atom. The lowest BCUT2D eigenvalue weighted by Gasteiger charge is -2.18. The highest BCUT2D eigenvalue weighted by Gasteiger charge is 2.13. The van der Waals surface area contributed by atoms with Crippen LogP contribution in [0.2, 0.25) is 0 Å². The molecule has 0 bridgehead atoms. The second-order valence-electron chi connectivity index (χ2n) is 5.37. The van der Waals surface area contributed by atoms with E-state index in [1.54, 1.807) is 24.3 Å². The summed E-state index contributed by atoms with van der Waals surface area (Å²) >= 11 is 0. The molecule has 2 aromatic rings. The molecular weight excluding hydrogens is 324 g/mol. The molecule has 1 amide bonds. The van der Waals surface area contributed by atoms with Crippen molar-refractivity contribution in [2.45, 2.75) is 6.42 Å². The largest absolute Gasteiger partial charge is 0.507 e. The van der Waals surface area contributed by atoms with Gasteiger partial charge < -0.3 is 19.3 Å². The molecule has 0 radical (unpaired) electrons. The predicted molar refractivity (Wildman–Crippen MR) is 91.5 cm³/mol. The second-order valence-corrected chi connectivity index (χ2v) is 5.37. The normalized spacial score (nSPS) is 12.8. The van der Waals surface area contributed by atoms with Crippen LogP contribution in [0.1, 0.15) is 11.1 Å². The summed E-state index contributed by atoms with van der Waals surface area (Å²) in [6, 6.07) is 10.1. The van der Waals surface area contributed by atoms with Crippen LogP contribution >= 0.6 is 0 Å². The summed E-state index contributed by atoms with van der Waals surface area (Å²) in [6.07, 6.45) is 1.51. The van der Waals surface area contributed by atoms with Gasteiger partial charge >= 0.3 is 0 Å². The minimum atomic E-state index is -0.282. The predicted octanol–water partition coefficient (Wildman–Crippen LogP) is 1.86. The molecule has 7 heteroatoms. The van der Waals surface area contributed by atoms with Gasteiger partial charge in [-0.2, -0.15) is 5.10 Å². The van der Waals surface area contributed by atoms with Gasteiger partial charge in [0.15, 0.2) is 11.5 Å². The number of amides is 1. The number of carbonyl (C=O) groups is 1. The molecular formula is C18H18N2O5. The molecule has 0 saturated heterocycles. The first-order chi connectivity index (χ1) is 12.2. The fourth-order valence-electron chi connectivity index (χ4n) is 2.36. The van der Waals surface area contributed by atoms with Gasteiger partial charge in [-0.05, 0) is 35.9 Å². The molecule has 0 atom stereocenters. The van der Waals surface area contributed by atoms with Crippen molar-refractivity contribution in [2.24, 2.45) is 5.10 Å². The zero-order valence-electron chi connectivity index (χ0n) is 13.7. The van der Waals surface area contributed by atoms with Crippen molar-refractivity contribution in [3.8, 4) is 23.0 Å². The summed E-state index contributed by atoms with van der Waals surface area (Å²) in [5.74, 6) is 1.67. The van der Waals surface area contributed by atoms with E-state index in [4.69, 9.17) is 14.2 Å². The quantitative estimate of drug-likeness (QED) is 0.639. The number of nitrogens with one attached hydrogen (secondary N) is 1. The molecule has 0 aromatic heterocycles. The number of phenolic OH excluding ortho intramolecular Hbond substituents is 1. The number of carbonyl (C=O) groups excluding carboxylic acids is 1. The van der Waals surface area contributed by atoms with Gasteiger partial charge in [0.05, 0.1) is 19.7 Å². The third kappa shape index (κ3) is 4.20. The smallest absolute Gasteiger partial charge is 0.244 e. The average molecular weight is 342 g/mol. The van der Waals surface area contributed by atoms with Crippen LogP contribution in [0.5, 0.6) is 23.0 Å². The minimum absolute atomic E-state index is 0.0469. The number of methoxy groups -OCH3 is 1. The lowest BCUT2D eigenvalue weighted by Crippen LogP contribution is -2.20. The standard InChI is InChI=1S/C18H18N2O5/c1-23-14-3-4-15(21)13(10-14)11-19-20-18(22)9-12-2-5-16-17(8-12)25-7-6-24-16/h2-5,8,10-11,21H,6-7,9H2,1H3,(H,20,22)/b19-11+. The Bertz CT molecular complexity index is 804. The summed E-state index contributed by atoms with van der Waals surface area (Å²) in [6.45, 7) is 1.02. The number of aromatic hydroxyl groups is 1. The van der Waals surface area contributed by atoms with E-state index in [-0.39, 0.29) is 18.1 Å². The van der Waals surface area contributed by atoms with E-state index >= 15 is 0 Å². The Labute approximate surface area is 144 Å². The maximum Gasteiger partial charge on any atom is 0.244 e. The lowest BCUT2D eigenvalue weighted by atomic mass is 10.1. The molecule has 1 aliphatic rings. The molecule has 0 saturated carbocycles. The van der Waals surface area contributed by atoms with Crippen LogP contribution in [0.25, 0.3) is 0 Å². The average Bonchev–Trinajstić information content (AvgIpc) is 2.63. The number of nitrogens with zero attached hydrogens (tertiary/aromatic N) is 1. The van der Waals surface area contributed by atoms with Crippen molar-refractivity contribution < 1.29 is 24.1 Å². The van der Waals surface area contributed by atoms with Gasteiger partial charge in [0.2, 0.25) is 5.91 Å². The summed E-state index contributed by atoms with van der Waals surface area (Å²) in [5, 5.41) is 13.6. The second kappa shape index (κ2) is 7.57. The molecule has 3 rings (SSSR count). The third-order valence-corrected chi connectivity index (χ3v) is 3.60. The maximum absolute atomic E-state index is 12.0. The Kier molecular flexibility index (Phi) is 5.03. The van der Waals surface area contributed by atoms with Gasteiger partial charge in [0, 0.05) is 5.56 Å². The van der Waals surface area contributed by atoms with E-state index in [0.717, 1.165) is 5.56 Å². The lowest BCUT2D eigenvalue weighted by molar-refractivity contribution is -0.120. The van der Waals surface area contributed by atoms with E-state index in [9.17, 15) is 9.90 Å². The number of rotatable bonds is 5. The van der Waals surface area contributed by atoms with Crippen molar-refractivity contribution >= 4 is 12.1 Å². The Hall–Kier alpha value is -3.22. The highest BCUT2D eigenvalue weighted by Crippen LogP contribution is 2.30. The fourth-order valence-corrected chi connectivity index (χ4v) is 2.36. The highest BCUT2D eigenvalue weighted by atomic mass is 16.6. The topological polar surface area (TPSA) is 89.4 Å². The van der Waals surface area contributed by atoms with Gasteiger partial charge in [-0.1, -0.05) is 6.07 Å². The molecule has 0 aliphatic carbocycles. The molecule has 25 heavy (non-hydrogen) atoms. The Balaban J connectivity index is 1.59. The molecule has 7 nitrogen and oxygen atoms in total. The van der Waals surface area contributed by atoms with Gasteiger partial charge in [0.25, 0.3) is 0 Å². The van der Waals surface area contributed by atoms with Gasteiger partial charge in [0.1, 0.15) is 24.7 Å². The summed E-state index contributed by atoms with van der Waals surface area (Å²) < 4.78 is 16.0. The number of hydrazone groups is 1. The monoisotopic (exact) mass is 342 g/mol. The summed E-state index contributed by atoms with van der Waals surface area (Å²) in [5.41, 5.74) is 3.67. The molecule has 130 valence electrons. The number of hydrogen-bond acceptors (Lipinski definition) is 6. The van der Waals surface area contributed by atoms with Crippen LogP contribution in [0, 0.1) is 0 Å². The Morgan fingerprint density at radius 1 is 1.24 bits per heavy atom. The van der Waals surface area contributed by atoms with E-state index in [2.05, 4.69) is 10.5 Å². The van der Waals surface area contributed by atoms with Crippen LogP contribution in [0.4, 0.5) is 0 Å². The first kappa shape index (κ1) is 16.6. The van der Waals surface area contributed by atoms with Crippen molar-refractivity contribution in [2.75, 3.05) is 20.3 Å². The summed E-state index contributed by atoms with van der Waals surface area (Å²) in [7, 11) is 1.53. The maximum atomic E-state index is 12.0. The zero-order chi connectivity index (χ0) is 17.6. The fraction of sp³-hybridized carbons (Fsp3) is 0.222. The third-order valence-electron chi connectivity index (χ3n) is 3.60. The first-order valence-electron chi connectivity index (χ1n) is 7.73. The van der Waals surface area contributed by atoms with Crippen LogP contribution in [0.3, 0.4) is 0 Å². The van der Waals surface area contributed by atoms with Gasteiger partial charge in [-0.3, -0.25) is 4.79 Å². The van der Waals surface area contributed by atoms with E-state index in [1.165, 1.54) is 19.4 Å². The summed E-state index contributed by atoms with van der Waals surface area (Å²) in [4.78, 5) is 12.0. The number of ether oxygens (including phenoxy) is 3. The molecule has 0 unspecified atom stereocenters. The van der Waals surface area contributed by atoms with Crippen LogP contribution in [-0.2, 0) is 11.2 Å². The van der Waals surface area contributed by atoms with Crippen LogP contribution < -0.4 is 19.6 Å². The molecule has 1 aliphatic heterocycles. The SMILES string of the molecule is COc1ccc(O)c(/C=N/NC(=O)Cc2ccc3c(c2)OCCO3)c1. The molecule has 0 fully saturated rings. The number of hydrogen-bond donors (Lipinski definition) is 2.